The number of benzene rings is 1. The summed E-state index contributed by atoms with van der Waals surface area (Å²) in [6, 6.07) is 12.4. The fraction of sp³-hybridized carbons (Fsp3) is 0.406. The Kier molecular flexibility index (Phi) is 8.67. The van der Waals surface area contributed by atoms with E-state index in [1.165, 1.54) is 0 Å². The summed E-state index contributed by atoms with van der Waals surface area (Å²) in [6.07, 6.45) is 5.78. The quantitative estimate of drug-likeness (QED) is 0.328. The number of likely N-dealkylation sites (tertiary alicyclic amines) is 1. The van der Waals surface area contributed by atoms with Gasteiger partial charge in [-0.1, -0.05) is 6.07 Å². The number of carbonyl (C=O) groups excluding carboxylic acids is 1. The van der Waals surface area contributed by atoms with Crippen LogP contribution in [0.15, 0.2) is 48.8 Å². The number of halogens is 1. The molecule has 0 spiro atoms. The van der Waals surface area contributed by atoms with Gasteiger partial charge in [-0.2, -0.15) is 10.4 Å². The molecule has 11 nitrogen and oxygen atoms in total. The van der Waals surface area contributed by atoms with Gasteiger partial charge in [0.1, 0.15) is 17.9 Å². The zero-order chi connectivity index (χ0) is 30.6. The molecular weight excluding hydrogens is 561 g/mol. The molecule has 2 saturated heterocycles. The number of hydrogen-bond donors (Lipinski definition) is 2. The molecule has 0 radical (unpaired) electrons. The van der Waals surface area contributed by atoms with Gasteiger partial charge < -0.3 is 20.2 Å². The maximum atomic E-state index is 16.4. The van der Waals surface area contributed by atoms with Gasteiger partial charge in [0.2, 0.25) is 5.91 Å². The normalized spacial score (nSPS) is 18.2. The number of nitriles is 1. The van der Waals surface area contributed by atoms with Crippen LogP contribution in [0.5, 0.6) is 5.75 Å². The van der Waals surface area contributed by atoms with E-state index in [9.17, 15) is 9.90 Å². The molecule has 1 atom stereocenters. The summed E-state index contributed by atoms with van der Waals surface area (Å²) in [5, 5.41) is 27.4. The van der Waals surface area contributed by atoms with Crippen molar-refractivity contribution in [3.05, 3.63) is 60.2 Å². The van der Waals surface area contributed by atoms with E-state index in [4.69, 9.17) is 10.2 Å². The van der Waals surface area contributed by atoms with Gasteiger partial charge in [0.15, 0.2) is 17.5 Å². The van der Waals surface area contributed by atoms with Crippen molar-refractivity contribution in [2.75, 3.05) is 51.6 Å². The monoisotopic (exact) mass is 597 g/mol. The molecule has 1 aromatic carbocycles. The molecule has 228 valence electrons. The molecule has 12 heteroatoms. The van der Waals surface area contributed by atoms with E-state index < -0.39 is 5.82 Å². The Labute approximate surface area is 255 Å². The van der Waals surface area contributed by atoms with E-state index in [1.807, 2.05) is 36.5 Å². The van der Waals surface area contributed by atoms with Crippen LogP contribution in [0.3, 0.4) is 0 Å². The summed E-state index contributed by atoms with van der Waals surface area (Å²) in [6.45, 7) is 5.22. The Bertz CT molecular complexity index is 1700. The third-order valence-corrected chi connectivity index (χ3v) is 8.42. The van der Waals surface area contributed by atoms with E-state index in [0.29, 0.717) is 42.1 Å². The van der Waals surface area contributed by atoms with Crippen LogP contribution in [0, 0.1) is 17.1 Å². The minimum atomic E-state index is -0.612. The van der Waals surface area contributed by atoms with Crippen molar-refractivity contribution in [3.63, 3.8) is 0 Å². The fourth-order valence-corrected chi connectivity index (χ4v) is 6.01. The number of phenolic OH excluding ortho intramolecular Hbond substituents is 1. The summed E-state index contributed by atoms with van der Waals surface area (Å²) in [4.78, 5) is 28.0. The predicted octanol–water partition coefficient (Wildman–Crippen LogP) is 3.76. The van der Waals surface area contributed by atoms with Crippen molar-refractivity contribution >= 4 is 17.2 Å². The minimum absolute atomic E-state index is 0.0324. The largest absolute Gasteiger partial charge is 0.508 e. The standard InChI is InChI=1S/C32H36FN9O2/c1-39-12-5-13-40(17-16-39)20-23-18-22(8-9-27(23)43)30-29(33)32(36-24-6-4-14-41(21-24)28(44)10-11-34)38-31(37-30)25-19-35-42-15-3-2-7-26(25)42/h2-3,7-9,15,18-19,24,43H,4-6,10,12-14,16-17,20-21H2,1H3,(H,36,37,38)/t24-/m1/s1. The van der Waals surface area contributed by atoms with Crippen molar-refractivity contribution in [2.45, 2.75) is 38.3 Å². The second-order valence-electron chi connectivity index (χ2n) is 11.6. The van der Waals surface area contributed by atoms with E-state index >= 15 is 4.39 Å². The zero-order valence-corrected chi connectivity index (χ0v) is 24.8. The van der Waals surface area contributed by atoms with Crippen molar-refractivity contribution in [1.29, 1.82) is 5.26 Å². The van der Waals surface area contributed by atoms with Crippen LogP contribution < -0.4 is 5.32 Å². The maximum Gasteiger partial charge on any atom is 0.236 e. The van der Waals surface area contributed by atoms with Crippen molar-refractivity contribution < 1.29 is 14.3 Å². The second-order valence-corrected chi connectivity index (χ2v) is 11.6. The molecule has 2 aliphatic heterocycles. The maximum absolute atomic E-state index is 16.4. The first kappa shape index (κ1) is 29.5. The van der Waals surface area contributed by atoms with E-state index in [2.05, 4.69) is 32.2 Å². The van der Waals surface area contributed by atoms with Crippen molar-refractivity contribution in [3.8, 4) is 34.5 Å². The molecule has 0 aliphatic carbocycles. The summed E-state index contributed by atoms with van der Waals surface area (Å²) in [5.74, 6) is -0.346. The highest BCUT2D eigenvalue weighted by atomic mass is 19.1. The van der Waals surface area contributed by atoms with Gasteiger partial charge in [0.25, 0.3) is 0 Å². The lowest BCUT2D eigenvalue weighted by molar-refractivity contribution is -0.131. The third kappa shape index (κ3) is 6.34. The average Bonchev–Trinajstić information content (AvgIpc) is 3.35. The van der Waals surface area contributed by atoms with Crippen LogP contribution in [0.4, 0.5) is 10.2 Å². The van der Waals surface area contributed by atoms with Gasteiger partial charge in [-0.25, -0.2) is 18.9 Å². The highest BCUT2D eigenvalue weighted by molar-refractivity contribution is 5.79. The van der Waals surface area contributed by atoms with Gasteiger partial charge in [-0.15, -0.1) is 0 Å². The molecule has 0 bridgehead atoms. The number of phenols is 1. The number of nitrogens with zero attached hydrogens (tertiary/aromatic N) is 8. The molecule has 5 heterocycles. The molecule has 0 saturated carbocycles. The van der Waals surface area contributed by atoms with Gasteiger partial charge in [-0.05, 0) is 69.7 Å². The van der Waals surface area contributed by atoms with E-state index in [0.717, 1.165) is 51.0 Å². The van der Waals surface area contributed by atoms with Crippen molar-refractivity contribution in [1.82, 2.24) is 34.3 Å². The number of likely N-dealkylation sites (N-methyl/N-ethyl adjacent to an activating group) is 1. The van der Waals surface area contributed by atoms with Crippen LogP contribution in [0.1, 0.15) is 31.2 Å². The summed E-state index contributed by atoms with van der Waals surface area (Å²) in [5.41, 5.74) is 2.77. The first-order chi connectivity index (χ1) is 21.4. The van der Waals surface area contributed by atoms with Crippen LogP contribution >= 0.6 is 0 Å². The SMILES string of the molecule is CN1CCCN(Cc2cc(-c3nc(-c4cnn5ccccc45)nc(N[C@@H]4CCCN(C(=O)CC#N)C4)c3F)ccc2O)CC1. The van der Waals surface area contributed by atoms with E-state index in [-0.39, 0.29) is 35.6 Å². The predicted molar refractivity (Wildman–Crippen MR) is 164 cm³/mol. The number of pyridine rings is 1. The lowest BCUT2D eigenvalue weighted by atomic mass is 10.0. The number of fused-ring (bicyclic) bond motifs is 1. The average molecular weight is 598 g/mol. The highest BCUT2D eigenvalue weighted by Crippen LogP contribution is 2.33. The molecule has 1 amide bonds. The summed E-state index contributed by atoms with van der Waals surface area (Å²) < 4.78 is 18.1. The first-order valence-corrected chi connectivity index (χ1v) is 15.0. The van der Waals surface area contributed by atoms with Crippen LogP contribution in [-0.4, -0.2) is 97.7 Å². The molecular formula is C32H36FN9O2. The number of aromatic hydroxyl groups is 1. The smallest absolute Gasteiger partial charge is 0.236 e. The van der Waals surface area contributed by atoms with Crippen LogP contribution in [-0.2, 0) is 11.3 Å². The topological polar surface area (TPSA) is 126 Å². The number of piperidine rings is 1. The zero-order valence-electron chi connectivity index (χ0n) is 24.8. The molecule has 6 rings (SSSR count). The minimum Gasteiger partial charge on any atom is -0.508 e. The summed E-state index contributed by atoms with van der Waals surface area (Å²) >= 11 is 0. The number of hydrogen-bond acceptors (Lipinski definition) is 9. The number of carbonyl (C=O) groups is 1. The van der Waals surface area contributed by atoms with Crippen LogP contribution in [0.25, 0.3) is 28.2 Å². The number of anilines is 1. The fourth-order valence-electron chi connectivity index (χ4n) is 6.01. The lowest BCUT2D eigenvalue weighted by Gasteiger charge is -2.33. The van der Waals surface area contributed by atoms with Crippen LogP contribution in [0.2, 0.25) is 0 Å². The first-order valence-electron chi connectivity index (χ1n) is 15.0. The molecule has 2 N–H and O–H groups in total. The lowest BCUT2D eigenvalue weighted by Crippen LogP contribution is -2.45. The Hall–Kier alpha value is -4.60. The number of aromatic nitrogens is 4. The molecule has 44 heavy (non-hydrogen) atoms. The Morgan fingerprint density at radius 1 is 1.14 bits per heavy atom. The van der Waals surface area contributed by atoms with Gasteiger partial charge in [0.05, 0.1) is 23.3 Å². The molecule has 2 fully saturated rings. The molecule has 2 aliphatic rings. The van der Waals surface area contributed by atoms with Gasteiger partial charge in [0, 0.05) is 56.1 Å². The molecule has 3 aromatic heterocycles. The third-order valence-electron chi connectivity index (χ3n) is 8.42. The second kappa shape index (κ2) is 13.0. The number of nitrogens with one attached hydrogen (secondary N) is 1. The van der Waals surface area contributed by atoms with Gasteiger partial charge in [-0.3, -0.25) is 9.69 Å². The number of amides is 1. The van der Waals surface area contributed by atoms with E-state index in [1.54, 1.807) is 27.7 Å². The Balaban J connectivity index is 1.37. The molecule has 4 aromatic rings. The highest BCUT2D eigenvalue weighted by Gasteiger charge is 2.27. The number of rotatable bonds is 7. The summed E-state index contributed by atoms with van der Waals surface area (Å²) in [7, 11) is 2.11. The Morgan fingerprint density at radius 2 is 2.02 bits per heavy atom. The Morgan fingerprint density at radius 3 is 2.89 bits per heavy atom. The molecule has 0 unspecified atom stereocenters. The van der Waals surface area contributed by atoms with Gasteiger partial charge >= 0.3 is 0 Å². The van der Waals surface area contributed by atoms with Crippen molar-refractivity contribution in [2.24, 2.45) is 0 Å².